The lowest BCUT2D eigenvalue weighted by molar-refractivity contribution is 0.101. The van der Waals surface area contributed by atoms with E-state index in [4.69, 9.17) is 0 Å². The van der Waals surface area contributed by atoms with E-state index in [1.807, 2.05) is 20.8 Å². The second-order valence-electron chi connectivity index (χ2n) is 4.50. The molecule has 0 aliphatic rings. The highest BCUT2D eigenvalue weighted by Gasteiger charge is 2.18. The molecule has 1 aromatic carbocycles. The Morgan fingerprint density at radius 3 is 2.21 bits per heavy atom. The maximum atomic E-state index is 13.6. The predicted octanol–water partition coefficient (Wildman–Crippen LogP) is 3.33. The van der Waals surface area contributed by atoms with Gasteiger partial charge in [0.1, 0.15) is 5.82 Å². The van der Waals surface area contributed by atoms with Crippen molar-refractivity contribution in [3.05, 3.63) is 35.1 Å². The number of rotatable bonds is 1. The summed E-state index contributed by atoms with van der Waals surface area (Å²) in [5.41, 5.74) is 0.845. The van der Waals surface area contributed by atoms with Crippen molar-refractivity contribution in [1.82, 2.24) is 0 Å². The molecule has 0 N–H and O–H groups in total. The van der Waals surface area contributed by atoms with Crippen molar-refractivity contribution in [2.45, 2.75) is 33.1 Å². The Morgan fingerprint density at radius 2 is 1.86 bits per heavy atom. The van der Waals surface area contributed by atoms with Gasteiger partial charge in [-0.25, -0.2) is 4.39 Å². The molecule has 0 radical (unpaired) electrons. The zero-order valence-electron chi connectivity index (χ0n) is 9.02. The van der Waals surface area contributed by atoms with Gasteiger partial charge in [0.15, 0.2) is 5.78 Å². The summed E-state index contributed by atoms with van der Waals surface area (Å²) in [5.74, 6) is -0.408. The standard InChI is InChI=1S/C12H15FO/c1-8(14)9-5-6-10(11(13)7-9)12(2,3)4/h5-7H,1-4H3. The number of Topliss-reactive ketones (excluding diaryl/α,β-unsaturated/α-hetero) is 1. The first-order valence-corrected chi connectivity index (χ1v) is 4.63. The molecule has 0 aromatic heterocycles. The fourth-order valence-electron chi connectivity index (χ4n) is 1.34. The average Bonchev–Trinajstić information content (AvgIpc) is 2.01. The Hall–Kier alpha value is -1.18. The molecule has 0 heterocycles. The van der Waals surface area contributed by atoms with E-state index in [0.29, 0.717) is 11.1 Å². The number of benzene rings is 1. The van der Waals surface area contributed by atoms with E-state index in [1.54, 1.807) is 12.1 Å². The van der Waals surface area contributed by atoms with Crippen LogP contribution >= 0.6 is 0 Å². The summed E-state index contributed by atoms with van der Waals surface area (Å²) in [7, 11) is 0. The minimum Gasteiger partial charge on any atom is -0.295 e. The summed E-state index contributed by atoms with van der Waals surface area (Å²) >= 11 is 0. The molecular weight excluding hydrogens is 179 g/mol. The Kier molecular flexibility index (Phi) is 2.74. The third kappa shape index (κ3) is 2.19. The van der Waals surface area contributed by atoms with Crippen molar-refractivity contribution in [3.63, 3.8) is 0 Å². The van der Waals surface area contributed by atoms with Gasteiger partial charge in [-0.15, -0.1) is 0 Å². The van der Waals surface area contributed by atoms with Crippen molar-refractivity contribution in [3.8, 4) is 0 Å². The Bertz CT molecular complexity index is 361. The zero-order valence-corrected chi connectivity index (χ0v) is 9.02. The molecule has 14 heavy (non-hydrogen) atoms. The number of halogens is 1. The first-order chi connectivity index (χ1) is 6.32. The van der Waals surface area contributed by atoms with Crippen molar-refractivity contribution < 1.29 is 9.18 Å². The minimum absolute atomic E-state index is 0.107. The predicted molar refractivity (Wildman–Crippen MR) is 55.1 cm³/mol. The van der Waals surface area contributed by atoms with E-state index < -0.39 is 0 Å². The minimum atomic E-state index is -0.301. The molecular formula is C12H15FO. The van der Waals surface area contributed by atoms with Gasteiger partial charge >= 0.3 is 0 Å². The Labute approximate surface area is 83.9 Å². The highest BCUT2D eigenvalue weighted by atomic mass is 19.1. The molecule has 0 atom stereocenters. The molecule has 0 bridgehead atoms. The number of ketones is 1. The second kappa shape index (κ2) is 3.52. The van der Waals surface area contributed by atoms with Gasteiger partial charge in [-0.3, -0.25) is 4.79 Å². The third-order valence-electron chi connectivity index (χ3n) is 2.18. The normalized spacial score (nSPS) is 11.5. The Morgan fingerprint density at radius 1 is 1.29 bits per heavy atom. The van der Waals surface area contributed by atoms with Crippen LogP contribution in [-0.4, -0.2) is 5.78 Å². The van der Waals surface area contributed by atoms with E-state index in [0.717, 1.165) is 0 Å². The molecule has 1 rings (SSSR count). The quantitative estimate of drug-likeness (QED) is 0.627. The SMILES string of the molecule is CC(=O)c1ccc(C(C)(C)C)c(F)c1. The molecule has 0 unspecified atom stereocenters. The summed E-state index contributed by atoms with van der Waals surface area (Å²) < 4.78 is 13.6. The first kappa shape index (κ1) is 10.9. The van der Waals surface area contributed by atoms with Gasteiger partial charge in [0.05, 0.1) is 0 Å². The smallest absolute Gasteiger partial charge is 0.159 e. The van der Waals surface area contributed by atoms with Gasteiger partial charge in [-0.05, 0) is 24.0 Å². The van der Waals surface area contributed by atoms with Gasteiger partial charge in [0.2, 0.25) is 0 Å². The third-order valence-corrected chi connectivity index (χ3v) is 2.18. The summed E-state index contributed by atoms with van der Waals surface area (Å²) in [6.45, 7) is 7.27. The molecule has 2 heteroatoms. The van der Waals surface area contributed by atoms with Crippen molar-refractivity contribution in [1.29, 1.82) is 0 Å². The van der Waals surface area contributed by atoms with Crippen molar-refractivity contribution in [2.24, 2.45) is 0 Å². The van der Waals surface area contributed by atoms with Gasteiger partial charge in [0.25, 0.3) is 0 Å². The van der Waals surface area contributed by atoms with E-state index in [2.05, 4.69) is 0 Å². The second-order valence-corrected chi connectivity index (χ2v) is 4.50. The van der Waals surface area contributed by atoms with Gasteiger partial charge in [-0.1, -0.05) is 32.9 Å². The summed E-state index contributed by atoms with van der Waals surface area (Å²) in [6, 6.07) is 4.67. The van der Waals surface area contributed by atoms with Crippen LogP contribution in [0.3, 0.4) is 0 Å². The maximum absolute atomic E-state index is 13.6. The van der Waals surface area contributed by atoms with Gasteiger partial charge in [-0.2, -0.15) is 0 Å². The number of carbonyl (C=O) groups excluding carboxylic acids is 1. The van der Waals surface area contributed by atoms with Gasteiger partial charge in [0, 0.05) is 5.56 Å². The van der Waals surface area contributed by atoms with Crippen LogP contribution in [-0.2, 0) is 5.41 Å². The lowest BCUT2D eigenvalue weighted by Crippen LogP contribution is -2.14. The van der Waals surface area contributed by atoms with Crippen LogP contribution in [0.4, 0.5) is 4.39 Å². The summed E-state index contributed by atoms with van der Waals surface area (Å²) in [4.78, 5) is 11.0. The van der Waals surface area contributed by atoms with Crippen LogP contribution in [0.15, 0.2) is 18.2 Å². The zero-order chi connectivity index (χ0) is 10.9. The number of carbonyl (C=O) groups is 1. The number of hydrogen-bond donors (Lipinski definition) is 0. The van der Waals surface area contributed by atoms with Crippen LogP contribution in [0.25, 0.3) is 0 Å². The lowest BCUT2D eigenvalue weighted by atomic mass is 9.86. The monoisotopic (exact) mass is 194 g/mol. The molecule has 0 aliphatic carbocycles. The topological polar surface area (TPSA) is 17.1 Å². The van der Waals surface area contributed by atoms with Crippen LogP contribution in [0.2, 0.25) is 0 Å². The molecule has 0 saturated carbocycles. The fourth-order valence-corrected chi connectivity index (χ4v) is 1.34. The molecule has 1 aromatic rings. The molecule has 0 aliphatic heterocycles. The van der Waals surface area contributed by atoms with E-state index in [-0.39, 0.29) is 17.0 Å². The van der Waals surface area contributed by atoms with Crippen molar-refractivity contribution >= 4 is 5.78 Å². The molecule has 0 amide bonds. The molecule has 1 nitrogen and oxygen atoms in total. The summed E-state index contributed by atoms with van der Waals surface area (Å²) in [6.07, 6.45) is 0. The molecule has 0 spiro atoms. The van der Waals surface area contributed by atoms with E-state index in [9.17, 15) is 9.18 Å². The van der Waals surface area contributed by atoms with E-state index in [1.165, 1.54) is 13.0 Å². The highest BCUT2D eigenvalue weighted by molar-refractivity contribution is 5.94. The van der Waals surface area contributed by atoms with Crippen LogP contribution in [0, 0.1) is 5.82 Å². The molecule has 0 saturated heterocycles. The fraction of sp³-hybridized carbons (Fsp3) is 0.417. The van der Waals surface area contributed by atoms with Crippen LogP contribution in [0.5, 0.6) is 0 Å². The average molecular weight is 194 g/mol. The highest BCUT2D eigenvalue weighted by Crippen LogP contribution is 2.25. The van der Waals surface area contributed by atoms with Crippen molar-refractivity contribution in [2.75, 3.05) is 0 Å². The lowest BCUT2D eigenvalue weighted by Gasteiger charge is -2.19. The summed E-state index contributed by atoms with van der Waals surface area (Å²) in [5, 5.41) is 0. The van der Waals surface area contributed by atoms with E-state index >= 15 is 0 Å². The van der Waals surface area contributed by atoms with Crippen LogP contribution in [0.1, 0.15) is 43.6 Å². The molecule has 0 fully saturated rings. The van der Waals surface area contributed by atoms with Crippen LogP contribution < -0.4 is 0 Å². The molecule has 76 valence electrons. The largest absolute Gasteiger partial charge is 0.295 e. The maximum Gasteiger partial charge on any atom is 0.159 e. The first-order valence-electron chi connectivity index (χ1n) is 4.63. The Balaban J connectivity index is 3.21. The number of hydrogen-bond acceptors (Lipinski definition) is 1. The van der Waals surface area contributed by atoms with Gasteiger partial charge < -0.3 is 0 Å².